The Morgan fingerprint density at radius 3 is 2.10 bits per heavy atom. The van der Waals surface area contributed by atoms with Crippen molar-refractivity contribution in [2.45, 2.75) is 58.0 Å². The molecule has 60 valence electrons. The predicted octanol–water partition coefficient (Wildman–Crippen LogP) is 2.32. The third-order valence-corrected chi connectivity index (χ3v) is 2.54. The maximum Gasteiger partial charge on any atom is 0.0157 e. The van der Waals surface area contributed by atoms with Crippen LogP contribution in [0.25, 0.3) is 0 Å². The highest BCUT2D eigenvalue weighted by atomic mass is 15.0. The average Bonchev–Trinajstić information content (AvgIpc) is 2.64. The summed E-state index contributed by atoms with van der Waals surface area (Å²) in [4.78, 5) is 0. The number of rotatable bonds is 4. The Kier molecular flexibility index (Phi) is 2.35. The summed E-state index contributed by atoms with van der Waals surface area (Å²) in [7, 11) is 0. The molecule has 0 unspecified atom stereocenters. The van der Waals surface area contributed by atoms with E-state index < -0.39 is 0 Å². The van der Waals surface area contributed by atoms with E-state index in [-0.39, 0.29) is 0 Å². The molecule has 0 aromatic carbocycles. The minimum atomic E-state index is 0.524. The molecule has 0 amide bonds. The van der Waals surface area contributed by atoms with E-state index in [4.69, 9.17) is 0 Å². The molecule has 0 aromatic rings. The van der Waals surface area contributed by atoms with Crippen molar-refractivity contribution in [1.82, 2.24) is 5.32 Å². The van der Waals surface area contributed by atoms with Crippen molar-refractivity contribution in [2.24, 2.45) is 0 Å². The molecule has 1 aliphatic carbocycles. The van der Waals surface area contributed by atoms with Gasteiger partial charge in [-0.15, -0.1) is 0 Å². The van der Waals surface area contributed by atoms with Gasteiger partial charge in [0, 0.05) is 11.6 Å². The van der Waals surface area contributed by atoms with Gasteiger partial charge < -0.3 is 5.32 Å². The second-order valence-electron chi connectivity index (χ2n) is 3.72. The van der Waals surface area contributed by atoms with Crippen LogP contribution in [-0.4, -0.2) is 11.6 Å². The first-order chi connectivity index (χ1) is 4.70. The molecule has 0 aliphatic heterocycles. The standard InChI is InChI=1S/C9H19N/c1-4-8(5-2)10-9(3)6-7-9/h8,10H,4-7H2,1-3H3. The number of hydrogen-bond donors (Lipinski definition) is 1. The summed E-state index contributed by atoms with van der Waals surface area (Å²) >= 11 is 0. The Bertz CT molecular complexity index is 101. The predicted molar refractivity (Wildman–Crippen MR) is 45.1 cm³/mol. The SMILES string of the molecule is CCC(CC)NC1(C)CC1. The number of nitrogens with one attached hydrogen (secondary N) is 1. The summed E-state index contributed by atoms with van der Waals surface area (Å²) in [6.07, 6.45) is 5.30. The van der Waals surface area contributed by atoms with Gasteiger partial charge in [0.2, 0.25) is 0 Å². The lowest BCUT2D eigenvalue weighted by molar-refractivity contribution is 0.412. The molecular weight excluding hydrogens is 122 g/mol. The lowest BCUT2D eigenvalue weighted by atomic mass is 10.1. The van der Waals surface area contributed by atoms with Crippen molar-refractivity contribution in [3.63, 3.8) is 0 Å². The van der Waals surface area contributed by atoms with Crippen molar-refractivity contribution < 1.29 is 0 Å². The monoisotopic (exact) mass is 141 g/mol. The zero-order chi connectivity index (χ0) is 7.61. The van der Waals surface area contributed by atoms with Gasteiger partial charge in [0.15, 0.2) is 0 Å². The van der Waals surface area contributed by atoms with E-state index in [0.717, 1.165) is 6.04 Å². The molecule has 1 aliphatic rings. The summed E-state index contributed by atoms with van der Waals surface area (Å²) < 4.78 is 0. The van der Waals surface area contributed by atoms with E-state index >= 15 is 0 Å². The fourth-order valence-electron chi connectivity index (χ4n) is 1.32. The van der Waals surface area contributed by atoms with Gasteiger partial charge >= 0.3 is 0 Å². The summed E-state index contributed by atoms with van der Waals surface area (Å²) in [5.74, 6) is 0. The fourth-order valence-corrected chi connectivity index (χ4v) is 1.32. The maximum absolute atomic E-state index is 3.67. The van der Waals surface area contributed by atoms with E-state index in [1.54, 1.807) is 0 Å². The molecule has 0 bridgehead atoms. The quantitative estimate of drug-likeness (QED) is 0.633. The molecule has 10 heavy (non-hydrogen) atoms. The molecule has 0 atom stereocenters. The average molecular weight is 141 g/mol. The van der Waals surface area contributed by atoms with Gasteiger partial charge in [0.1, 0.15) is 0 Å². The molecule has 0 spiro atoms. The van der Waals surface area contributed by atoms with Crippen LogP contribution in [0.4, 0.5) is 0 Å². The van der Waals surface area contributed by atoms with Crippen LogP contribution in [0.15, 0.2) is 0 Å². The highest BCUT2D eigenvalue weighted by Crippen LogP contribution is 2.35. The molecule has 1 N–H and O–H groups in total. The molecule has 0 aromatic heterocycles. The zero-order valence-corrected chi connectivity index (χ0v) is 7.41. The fraction of sp³-hybridized carbons (Fsp3) is 1.00. The summed E-state index contributed by atoms with van der Waals surface area (Å²) in [6.45, 7) is 6.84. The van der Waals surface area contributed by atoms with E-state index in [1.165, 1.54) is 25.7 Å². The smallest absolute Gasteiger partial charge is 0.0157 e. The van der Waals surface area contributed by atoms with Gasteiger partial charge in [-0.1, -0.05) is 13.8 Å². The molecule has 0 saturated heterocycles. The van der Waals surface area contributed by atoms with Crippen LogP contribution < -0.4 is 5.32 Å². The molecule has 0 heterocycles. The van der Waals surface area contributed by atoms with E-state index in [2.05, 4.69) is 26.1 Å². The van der Waals surface area contributed by atoms with Crippen LogP contribution in [0, 0.1) is 0 Å². The van der Waals surface area contributed by atoms with Crippen molar-refractivity contribution in [1.29, 1.82) is 0 Å². The Labute approximate surface area is 64.2 Å². The first-order valence-electron chi connectivity index (χ1n) is 4.48. The van der Waals surface area contributed by atoms with Gasteiger partial charge in [-0.05, 0) is 32.6 Å². The van der Waals surface area contributed by atoms with Crippen LogP contribution in [0.3, 0.4) is 0 Å². The topological polar surface area (TPSA) is 12.0 Å². The molecule has 0 radical (unpaired) electrons. The van der Waals surface area contributed by atoms with Crippen molar-refractivity contribution in [3.8, 4) is 0 Å². The van der Waals surface area contributed by atoms with Gasteiger partial charge in [-0.25, -0.2) is 0 Å². The molecule has 1 saturated carbocycles. The summed E-state index contributed by atoms with van der Waals surface area (Å²) in [6, 6.07) is 0.757. The van der Waals surface area contributed by atoms with Crippen molar-refractivity contribution >= 4 is 0 Å². The highest BCUT2D eigenvalue weighted by Gasteiger charge is 2.37. The van der Waals surface area contributed by atoms with E-state index in [9.17, 15) is 0 Å². The van der Waals surface area contributed by atoms with Gasteiger partial charge in [-0.3, -0.25) is 0 Å². The van der Waals surface area contributed by atoms with Gasteiger partial charge in [-0.2, -0.15) is 0 Å². The minimum absolute atomic E-state index is 0.524. The van der Waals surface area contributed by atoms with E-state index in [0.29, 0.717) is 5.54 Å². The van der Waals surface area contributed by atoms with Gasteiger partial charge in [0.05, 0.1) is 0 Å². The Morgan fingerprint density at radius 1 is 1.30 bits per heavy atom. The van der Waals surface area contributed by atoms with Crippen LogP contribution in [0.2, 0.25) is 0 Å². The first kappa shape index (κ1) is 8.06. The third-order valence-electron chi connectivity index (χ3n) is 2.54. The lowest BCUT2D eigenvalue weighted by Gasteiger charge is -2.19. The number of hydrogen-bond acceptors (Lipinski definition) is 1. The minimum Gasteiger partial charge on any atom is -0.309 e. The molecular formula is C9H19N. The zero-order valence-electron chi connectivity index (χ0n) is 7.41. The van der Waals surface area contributed by atoms with Crippen LogP contribution in [-0.2, 0) is 0 Å². The Hall–Kier alpha value is -0.0400. The van der Waals surface area contributed by atoms with Crippen molar-refractivity contribution in [2.75, 3.05) is 0 Å². The normalized spacial score (nSPS) is 21.6. The molecule has 1 fully saturated rings. The van der Waals surface area contributed by atoms with E-state index in [1.807, 2.05) is 0 Å². The summed E-state index contributed by atoms with van der Waals surface area (Å²) in [5.41, 5.74) is 0.524. The second-order valence-corrected chi connectivity index (χ2v) is 3.72. The van der Waals surface area contributed by atoms with Crippen molar-refractivity contribution in [3.05, 3.63) is 0 Å². The first-order valence-corrected chi connectivity index (χ1v) is 4.48. The maximum atomic E-state index is 3.67. The van der Waals surface area contributed by atoms with Gasteiger partial charge in [0.25, 0.3) is 0 Å². The Balaban J connectivity index is 2.21. The lowest BCUT2D eigenvalue weighted by Crippen LogP contribution is -2.37. The second kappa shape index (κ2) is 2.91. The van der Waals surface area contributed by atoms with Crippen LogP contribution in [0.1, 0.15) is 46.5 Å². The van der Waals surface area contributed by atoms with Crippen LogP contribution in [0.5, 0.6) is 0 Å². The third kappa shape index (κ3) is 1.98. The molecule has 1 nitrogen and oxygen atoms in total. The Morgan fingerprint density at radius 2 is 1.80 bits per heavy atom. The largest absolute Gasteiger partial charge is 0.309 e. The molecule has 1 heteroatoms. The van der Waals surface area contributed by atoms with Crippen LogP contribution >= 0.6 is 0 Å². The highest BCUT2D eigenvalue weighted by molar-refractivity contribution is 4.98. The molecule has 1 rings (SSSR count). The summed E-state index contributed by atoms with van der Waals surface area (Å²) in [5, 5.41) is 3.67.